The van der Waals surface area contributed by atoms with Gasteiger partial charge in [-0.25, -0.2) is 9.78 Å². The first-order valence-electron chi connectivity index (χ1n) is 10.7. The summed E-state index contributed by atoms with van der Waals surface area (Å²) in [6.07, 6.45) is 5.07. The molecule has 2 N–H and O–H groups in total. The van der Waals surface area contributed by atoms with Gasteiger partial charge in [0.15, 0.2) is 0 Å². The van der Waals surface area contributed by atoms with Crippen molar-refractivity contribution in [3.05, 3.63) is 89.4 Å². The highest BCUT2D eigenvalue weighted by Crippen LogP contribution is 2.38. The van der Waals surface area contributed by atoms with E-state index in [1.165, 1.54) is 0 Å². The number of rotatable bonds is 3. The second-order valence-electron chi connectivity index (χ2n) is 8.03. The fourth-order valence-electron chi connectivity index (χ4n) is 4.54. The van der Waals surface area contributed by atoms with Crippen molar-refractivity contribution in [2.24, 2.45) is 5.73 Å². The molecule has 1 atom stereocenters. The number of amides is 3. The van der Waals surface area contributed by atoms with Gasteiger partial charge < -0.3 is 20.4 Å². The first-order chi connectivity index (χ1) is 15.6. The number of hydrogen-bond donors (Lipinski definition) is 1. The Kier molecular flexibility index (Phi) is 5.18. The molecule has 162 valence electrons. The molecule has 0 aliphatic carbocycles. The van der Waals surface area contributed by atoms with Crippen molar-refractivity contribution in [1.82, 2.24) is 19.8 Å². The Morgan fingerprint density at radius 1 is 0.938 bits per heavy atom. The van der Waals surface area contributed by atoms with Gasteiger partial charge in [0.25, 0.3) is 5.91 Å². The van der Waals surface area contributed by atoms with Gasteiger partial charge in [-0.15, -0.1) is 0 Å². The van der Waals surface area contributed by atoms with Crippen LogP contribution in [0.1, 0.15) is 33.1 Å². The third-order valence-electron chi connectivity index (χ3n) is 6.20. The standard InChI is InChI=1S/C24H24N6O2/c25-24(32)30-16-19-3-1-2-4-20(19)22(30)17-5-7-18(8-6-17)23(31)29-13-11-28(12-14-29)21-15-26-9-10-27-21/h1-10,15,22H,11-14,16H2,(H2,25,32). The summed E-state index contributed by atoms with van der Waals surface area (Å²) in [6.45, 7) is 3.18. The Balaban J connectivity index is 1.30. The van der Waals surface area contributed by atoms with Crippen molar-refractivity contribution in [3.8, 4) is 0 Å². The molecule has 3 aromatic rings. The van der Waals surface area contributed by atoms with E-state index < -0.39 is 6.03 Å². The number of aromatic nitrogens is 2. The summed E-state index contributed by atoms with van der Waals surface area (Å²) in [5.74, 6) is 0.841. The van der Waals surface area contributed by atoms with Crippen LogP contribution in [0, 0.1) is 0 Å². The fourth-order valence-corrected chi connectivity index (χ4v) is 4.54. The monoisotopic (exact) mass is 428 g/mol. The summed E-state index contributed by atoms with van der Waals surface area (Å²) in [7, 11) is 0. The molecular weight excluding hydrogens is 404 g/mol. The van der Waals surface area contributed by atoms with Crippen molar-refractivity contribution in [1.29, 1.82) is 0 Å². The number of carbonyl (C=O) groups is 2. The molecule has 0 radical (unpaired) electrons. The number of piperazine rings is 1. The van der Waals surface area contributed by atoms with Crippen LogP contribution in [0.5, 0.6) is 0 Å². The maximum Gasteiger partial charge on any atom is 0.315 e. The van der Waals surface area contributed by atoms with E-state index in [2.05, 4.69) is 14.9 Å². The average molecular weight is 428 g/mol. The van der Waals surface area contributed by atoms with E-state index in [1.54, 1.807) is 23.5 Å². The van der Waals surface area contributed by atoms with Gasteiger partial charge in [0.2, 0.25) is 0 Å². The number of urea groups is 1. The first kappa shape index (κ1) is 20.0. The van der Waals surface area contributed by atoms with E-state index in [0.29, 0.717) is 25.2 Å². The van der Waals surface area contributed by atoms with E-state index in [1.807, 2.05) is 53.4 Å². The molecule has 2 aliphatic rings. The van der Waals surface area contributed by atoms with E-state index in [4.69, 9.17) is 5.73 Å². The maximum absolute atomic E-state index is 13.0. The zero-order valence-corrected chi connectivity index (χ0v) is 17.6. The Morgan fingerprint density at radius 2 is 1.69 bits per heavy atom. The van der Waals surface area contributed by atoms with E-state index in [9.17, 15) is 9.59 Å². The number of anilines is 1. The SMILES string of the molecule is NC(=O)N1Cc2ccccc2C1c1ccc(C(=O)N2CCN(c3cnccn3)CC2)cc1. The normalized spacial score (nSPS) is 17.9. The smallest absolute Gasteiger partial charge is 0.315 e. The largest absolute Gasteiger partial charge is 0.352 e. The number of hydrogen-bond acceptors (Lipinski definition) is 5. The van der Waals surface area contributed by atoms with E-state index >= 15 is 0 Å². The quantitative estimate of drug-likeness (QED) is 0.691. The van der Waals surface area contributed by atoms with Crippen molar-refractivity contribution >= 4 is 17.8 Å². The van der Waals surface area contributed by atoms with Gasteiger partial charge in [0.05, 0.1) is 12.2 Å². The van der Waals surface area contributed by atoms with Gasteiger partial charge in [0, 0.05) is 50.7 Å². The highest BCUT2D eigenvalue weighted by atomic mass is 16.2. The van der Waals surface area contributed by atoms with Gasteiger partial charge in [-0.2, -0.15) is 0 Å². The molecule has 0 spiro atoms. The molecular formula is C24H24N6O2. The topological polar surface area (TPSA) is 95.7 Å². The summed E-state index contributed by atoms with van der Waals surface area (Å²) in [5, 5.41) is 0. The molecule has 1 fully saturated rings. The minimum Gasteiger partial charge on any atom is -0.352 e. The van der Waals surface area contributed by atoms with Gasteiger partial charge in [0.1, 0.15) is 5.82 Å². The lowest BCUT2D eigenvalue weighted by Crippen LogP contribution is -2.49. The summed E-state index contributed by atoms with van der Waals surface area (Å²) < 4.78 is 0. The van der Waals surface area contributed by atoms with Crippen molar-refractivity contribution < 1.29 is 9.59 Å². The van der Waals surface area contributed by atoms with Gasteiger partial charge in [-0.3, -0.25) is 9.78 Å². The summed E-state index contributed by atoms with van der Waals surface area (Å²) in [6, 6.07) is 14.8. The van der Waals surface area contributed by atoms with Crippen LogP contribution in [0.25, 0.3) is 0 Å². The molecule has 2 aromatic carbocycles. The van der Waals surface area contributed by atoms with Gasteiger partial charge >= 0.3 is 6.03 Å². The Bertz CT molecular complexity index is 1130. The lowest BCUT2D eigenvalue weighted by atomic mass is 9.97. The van der Waals surface area contributed by atoms with Crippen molar-refractivity contribution in [2.75, 3.05) is 31.1 Å². The minimum absolute atomic E-state index is 0.00826. The zero-order chi connectivity index (χ0) is 22.1. The number of carbonyl (C=O) groups excluding carboxylic acids is 2. The Hall–Kier alpha value is -3.94. The molecule has 1 saturated heterocycles. The molecule has 3 amide bonds. The van der Waals surface area contributed by atoms with Crippen LogP contribution in [-0.4, -0.2) is 57.9 Å². The Labute approximate surface area is 186 Å². The predicted octanol–water partition coefficient (Wildman–Crippen LogP) is 2.42. The lowest BCUT2D eigenvalue weighted by molar-refractivity contribution is 0.0746. The van der Waals surface area contributed by atoms with Crippen LogP contribution < -0.4 is 10.6 Å². The molecule has 1 aromatic heterocycles. The molecule has 3 heterocycles. The second-order valence-corrected chi connectivity index (χ2v) is 8.03. The molecule has 32 heavy (non-hydrogen) atoms. The minimum atomic E-state index is -0.452. The third-order valence-corrected chi connectivity index (χ3v) is 6.20. The average Bonchev–Trinajstić information content (AvgIpc) is 3.24. The maximum atomic E-state index is 13.0. The summed E-state index contributed by atoms with van der Waals surface area (Å²) in [4.78, 5) is 39.2. The fraction of sp³-hybridized carbons (Fsp3) is 0.250. The van der Waals surface area contributed by atoms with E-state index in [0.717, 1.165) is 35.6 Å². The summed E-state index contributed by atoms with van der Waals surface area (Å²) >= 11 is 0. The van der Waals surface area contributed by atoms with Crippen LogP contribution in [-0.2, 0) is 6.54 Å². The van der Waals surface area contributed by atoms with E-state index in [-0.39, 0.29) is 11.9 Å². The second kappa shape index (κ2) is 8.30. The first-order valence-corrected chi connectivity index (χ1v) is 10.7. The molecule has 0 bridgehead atoms. The Morgan fingerprint density at radius 3 is 2.38 bits per heavy atom. The zero-order valence-electron chi connectivity index (χ0n) is 17.6. The van der Waals surface area contributed by atoms with Crippen LogP contribution in [0.4, 0.5) is 10.6 Å². The van der Waals surface area contributed by atoms with Crippen LogP contribution in [0.3, 0.4) is 0 Å². The van der Waals surface area contributed by atoms with Crippen LogP contribution in [0.2, 0.25) is 0 Å². The number of primary amides is 1. The van der Waals surface area contributed by atoms with Crippen molar-refractivity contribution in [2.45, 2.75) is 12.6 Å². The van der Waals surface area contributed by atoms with Crippen molar-refractivity contribution in [3.63, 3.8) is 0 Å². The highest BCUT2D eigenvalue weighted by molar-refractivity contribution is 5.94. The van der Waals surface area contributed by atoms with Gasteiger partial charge in [-0.05, 0) is 28.8 Å². The number of benzene rings is 2. The van der Waals surface area contributed by atoms with Crippen LogP contribution >= 0.6 is 0 Å². The lowest BCUT2D eigenvalue weighted by Gasteiger charge is -2.35. The summed E-state index contributed by atoms with van der Waals surface area (Å²) in [5.41, 5.74) is 9.40. The molecule has 5 rings (SSSR count). The molecule has 2 aliphatic heterocycles. The number of nitrogens with zero attached hydrogens (tertiary/aromatic N) is 5. The molecule has 8 heteroatoms. The third kappa shape index (κ3) is 3.64. The number of fused-ring (bicyclic) bond motifs is 1. The molecule has 8 nitrogen and oxygen atoms in total. The van der Waals surface area contributed by atoms with Crippen LogP contribution in [0.15, 0.2) is 67.1 Å². The molecule has 0 saturated carbocycles. The predicted molar refractivity (Wildman–Crippen MR) is 120 cm³/mol. The van der Waals surface area contributed by atoms with Gasteiger partial charge in [-0.1, -0.05) is 36.4 Å². The highest BCUT2D eigenvalue weighted by Gasteiger charge is 2.33. The number of nitrogens with two attached hydrogens (primary N) is 1. The molecule has 1 unspecified atom stereocenters.